The van der Waals surface area contributed by atoms with Crippen LogP contribution in [0.2, 0.25) is 0 Å². The molecular formula is C21H20N2O4S. The number of benzene rings is 2. The van der Waals surface area contributed by atoms with Gasteiger partial charge in [0, 0.05) is 5.70 Å². The van der Waals surface area contributed by atoms with E-state index in [4.69, 9.17) is 21.7 Å². The van der Waals surface area contributed by atoms with Crippen molar-refractivity contribution >= 4 is 29.3 Å². The molecule has 3 rings (SSSR count). The maximum absolute atomic E-state index is 12.5. The summed E-state index contributed by atoms with van der Waals surface area (Å²) in [7, 11) is 0. The highest BCUT2D eigenvalue weighted by atomic mass is 32.1. The van der Waals surface area contributed by atoms with Crippen molar-refractivity contribution in [3.63, 3.8) is 0 Å². The fourth-order valence-electron chi connectivity index (χ4n) is 2.92. The van der Waals surface area contributed by atoms with Crippen LogP contribution in [0.1, 0.15) is 35.8 Å². The summed E-state index contributed by atoms with van der Waals surface area (Å²) in [6.45, 7) is 3.79. The molecule has 0 radical (unpaired) electrons. The molecule has 7 heteroatoms. The molecule has 144 valence electrons. The average molecular weight is 396 g/mol. The summed E-state index contributed by atoms with van der Waals surface area (Å²) < 4.78 is 10.7. The highest BCUT2D eigenvalue weighted by molar-refractivity contribution is 7.80. The summed E-state index contributed by atoms with van der Waals surface area (Å²) in [5.41, 5.74) is 2.24. The van der Waals surface area contributed by atoms with Gasteiger partial charge in [0.2, 0.25) is 0 Å². The third-order valence-electron chi connectivity index (χ3n) is 4.18. The smallest absolute Gasteiger partial charge is 0.343 e. The number of ether oxygens (including phenoxy) is 2. The van der Waals surface area contributed by atoms with Gasteiger partial charge in [-0.15, -0.1) is 0 Å². The molecular weight excluding hydrogens is 376 g/mol. The fraction of sp³-hybridized carbons (Fsp3) is 0.190. The van der Waals surface area contributed by atoms with Crippen LogP contribution in [0.15, 0.2) is 65.9 Å². The van der Waals surface area contributed by atoms with Crippen molar-refractivity contribution in [1.82, 2.24) is 10.6 Å². The van der Waals surface area contributed by atoms with Crippen LogP contribution < -0.4 is 15.4 Å². The maximum Gasteiger partial charge on any atom is 0.343 e. The van der Waals surface area contributed by atoms with E-state index in [1.165, 1.54) is 0 Å². The molecule has 0 aromatic heterocycles. The summed E-state index contributed by atoms with van der Waals surface area (Å²) in [5.74, 6) is -0.512. The van der Waals surface area contributed by atoms with Gasteiger partial charge in [-0.1, -0.05) is 30.3 Å². The molecule has 1 aliphatic rings. The first-order valence-corrected chi connectivity index (χ1v) is 9.23. The van der Waals surface area contributed by atoms with E-state index in [1.54, 1.807) is 56.3 Å². The molecule has 1 atom stereocenters. The molecule has 0 spiro atoms. The van der Waals surface area contributed by atoms with Crippen LogP contribution in [-0.4, -0.2) is 23.7 Å². The highest BCUT2D eigenvalue weighted by Gasteiger charge is 2.31. The maximum atomic E-state index is 12.5. The minimum Gasteiger partial charge on any atom is -0.463 e. The van der Waals surface area contributed by atoms with Gasteiger partial charge < -0.3 is 20.1 Å². The van der Waals surface area contributed by atoms with Crippen molar-refractivity contribution in [3.05, 3.63) is 77.0 Å². The zero-order chi connectivity index (χ0) is 20.1. The number of hydrogen-bond donors (Lipinski definition) is 2. The minimum atomic E-state index is -0.511. The summed E-state index contributed by atoms with van der Waals surface area (Å²) >= 11 is 5.24. The molecule has 0 saturated heterocycles. The third kappa shape index (κ3) is 4.37. The Kier molecular flexibility index (Phi) is 6.06. The first-order chi connectivity index (χ1) is 13.5. The fourth-order valence-corrected chi connectivity index (χ4v) is 3.19. The number of rotatable bonds is 5. The summed E-state index contributed by atoms with van der Waals surface area (Å²) in [6.07, 6.45) is 0. The van der Waals surface area contributed by atoms with Gasteiger partial charge in [-0.05, 0) is 55.9 Å². The van der Waals surface area contributed by atoms with Crippen LogP contribution in [0.3, 0.4) is 0 Å². The van der Waals surface area contributed by atoms with Crippen molar-refractivity contribution < 1.29 is 19.1 Å². The Morgan fingerprint density at radius 3 is 2.54 bits per heavy atom. The van der Waals surface area contributed by atoms with E-state index in [1.807, 2.05) is 12.1 Å². The van der Waals surface area contributed by atoms with Crippen molar-refractivity contribution in [2.24, 2.45) is 0 Å². The van der Waals surface area contributed by atoms with Gasteiger partial charge in [-0.2, -0.15) is 0 Å². The second-order valence-electron chi connectivity index (χ2n) is 6.12. The van der Waals surface area contributed by atoms with Gasteiger partial charge in [0.25, 0.3) is 0 Å². The molecule has 0 saturated carbocycles. The number of thiocarbonyl (C=S) groups is 1. The Bertz CT molecular complexity index is 940. The van der Waals surface area contributed by atoms with E-state index in [0.717, 1.165) is 5.56 Å². The lowest BCUT2D eigenvalue weighted by atomic mass is 9.95. The van der Waals surface area contributed by atoms with E-state index in [-0.39, 0.29) is 6.61 Å². The third-order valence-corrected chi connectivity index (χ3v) is 4.40. The number of allylic oxidation sites excluding steroid dienone is 1. The zero-order valence-electron chi connectivity index (χ0n) is 15.5. The van der Waals surface area contributed by atoms with Crippen LogP contribution in [0, 0.1) is 0 Å². The average Bonchev–Trinajstić information content (AvgIpc) is 2.68. The van der Waals surface area contributed by atoms with E-state index in [2.05, 4.69) is 10.6 Å². The molecule has 0 fully saturated rings. The van der Waals surface area contributed by atoms with Crippen LogP contribution in [0.4, 0.5) is 0 Å². The van der Waals surface area contributed by atoms with E-state index < -0.39 is 18.0 Å². The molecule has 28 heavy (non-hydrogen) atoms. The predicted octanol–water partition coefficient (Wildman–Crippen LogP) is 3.26. The first kappa shape index (κ1) is 19.6. The lowest BCUT2D eigenvalue weighted by molar-refractivity contribution is -0.139. The quantitative estimate of drug-likeness (QED) is 0.456. The van der Waals surface area contributed by atoms with Gasteiger partial charge in [-0.3, -0.25) is 0 Å². The number of hydrogen-bond acceptors (Lipinski definition) is 5. The van der Waals surface area contributed by atoms with Crippen molar-refractivity contribution in [2.45, 2.75) is 19.9 Å². The lowest BCUT2D eigenvalue weighted by Gasteiger charge is -2.30. The molecule has 6 nitrogen and oxygen atoms in total. The summed E-state index contributed by atoms with van der Waals surface area (Å²) in [5, 5.41) is 6.44. The van der Waals surface area contributed by atoms with Gasteiger partial charge in [-0.25, -0.2) is 9.59 Å². The highest BCUT2D eigenvalue weighted by Crippen LogP contribution is 2.30. The SMILES string of the molecule is CCOC(=O)C1=C(C)NC(=S)NC1c1cccc(OC(=O)c2ccccc2)c1. The Morgan fingerprint density at radius 1 is 1.07 bits per heavy atom. The van der Waals surface area contributed by atoms with Crippen LogP contribution in [-0.2, 0) is 9.53 Å². The van der Waals surface area contributed by atoms with Crippen LogP contribution >= 0.6 is 12.2 Å². The predicted molar refractivity (Wildman–Crippen MR) is 109 cm³/mol. The van der Waals surface area contributed by atoms with Gasteiger partial charge in [0.05, 0.1) is 23.8 Å². The Morgan fingerprint density at radius 2 is 1.82 bits per heavy atom. The largest absolute Gasteiger partial charge is 0.463 e. The molecule has 1 unspecified atom stereocenters. The van der Waals surface area contributed by atoms with E-state index in [0.29, 0.717) is 27.7 Å². The van der Waals surface area contributed by atoms with Crippen molar-refractivity contribution in [3.8, 4) is 5.75 Å². The van der Waals surface area contributed by atoms with Crippen molar-refractivity contribution in [2.75, 3.05) is 6.61 Å². The lowest BCUT2D eigenvalue weighted by Crippen LogP contribution is -2.45. The normalized spacial score (nSPS) is 16.1. The zero-order valence-corrected chi connectivity index (χ0v) is 16.3. The second-order valence-corrected chi connectivity index (χ2v) is 6.53. The Balaban J connectivity index is 1.89. The van der Waals surface area contributed by atoms with Gasteiger partial charge in [0.1, 0.15) is 5.75 Å². The number of nitrogens with one attached hydrogen (secondary N) is 2. The first-order valence-electron chi connectivity index (χ1n) is 8.82. The topological polar surface area (TPSA) is 76.7 Å². The Labute approximate surface area is 168 Å². The number of esters is 2. The van der Waals surface area contributed by atoms with Gasteiger partial charge in [0.15, 0.2) is 5.11 Å². The second kappa shape index (κ2) is 8.67. The molecule has 0 amide bonds. The molecule has 1 aliphatic heterocycles. The summed E-state index contributed by atoms with van der Waals surface area (Å²) in [6, 6.07) is 15.2. The van der Waals surface area contributed by atoms with Crippen molar-refractivity contribution in [1.29, 1.82) is 0 Å². The molecule has 2 aromatic rings. The van der Waals surface area contributed by atoms with Crippen LogP contribution in [0.25, 0.3) is 0 Å². The van der Waals surface area contributed by atoms with Gasteiger partial charge >= 0.3 is 11.9 Å². The molecule has 2 N–H and O–H groups in total. The molecule has 0 bridgehead atoms. The molecule has 0 aliphatic carbocycles. The summed E-state index contributed by atoms with van der Waals surface area (Å²) in [4.78, 5) is 24.8. The molecule has 1 heterocycles. The monoisotopic (exact) mass is 396 g/mol. The number of carbonyl (C=O) groups excluding carboxylic acids is 2. The van der Waals surface area contributed by atoms with E-state index >= 15 is 0 Å². The Hall–Kier alpha value is -3.19. The number of carbonyl (C=O) groups is 2. The molecule has 2 aromatic carbocycles. The van der Waals surface area contributed by atoms with Crippen LogP contribution in [0.5, 0.6) is 5.75 Å². The standard InChI is InChI=1S/C21H20N2O4S/c1-3-26-20(25)17-13(2)22-21(28)23-18(17)15-10-7-11-16(12-15)27-19(24)14-8-5-4-6-9-14/h4-12,18H,3H2,1-2H3,(H2,22,23,28). The van der Waals surface area contributed by atoms with E-state index in [9.17, 15) is 9.59 Å². The minimum absolute atomic E-state index is 0.265.